The topological polar surface area (TPSA) is 54.0 Å². The number of hydrogen-bond donors (Lipinski definition) is 0. The second-order valence-electron chi connectivity index (χ2n) is 3.53. The number of carbonyl (C=O) groups is 1. The lowest BCUT2D eigenvalue weighted by molar-refractivity contribution is -0.397. The quantitative estimate of drug-likeness (QED) is 0.476. The molecule has 3 rings (SSSR count). The second kappa shape index (κ2) is 3.68. The van der Waals surface area contributed by atoms with Gasteiger partial charge in [-0.2, -0.15) is 0 Å². The van der Waals surface area contributed by atoms with Gasteiger partial charge in [-0.05, 0) is 0 Å². The Bertz CT molecular complexity index is 228. The molecule has 5 heteroatoms. The van der Waals surface area contributed by atoms with Crippen molar-refractivity contribution in [2.24, 2.45) is 5.41 Å². The highest BCUT2D eigenvalue weighted by atomic mass is 16.9. The van der Waals surface area contributed by atoms with Gasteiger partial charge >= 0.3 is 5.97 Å². The first-order valence-corrected chi connectivity index (χ1v) is 4.38. The largest absolute Gasteiger partial charge is 0.462 e. The first-order chi connectivity index (χ1) is 6.74. The summed E-state index contributed by atoms with van der Waals surface area (Å²) >= 11 is 0. The van der Waals surface area contributed by atoms with E-state index in [-0.39, 0.29) is 12.0 Å². The van der Waals surface area contributed by atoms with E-state index in [2.05, 4.69) is 6.58 Å². The predicted octanol–water partition coefficient (Wildman–Crippen LogP) is 0.0626. The molecule has 0 amide bonds. The molecule has 0 N–H and O–H groups in total. The van der Waals surface area contributed by atoms with Gasteiger partial charge in [-0.25, -0.2) is 4.79 Å². The van der Waals surface area contributed by atoms with Crippen molar-refractivity contribution in [1.82, 2.24) is 0 Å². The summed E-state index contributed by atoms with van der Waals surface area (Å²) in [5.41, 5.74) is -0.340. The van der Waals surface area contributed by atoms with E-state index >= 15 is 0 Å². The molecule has 0 aromatic heterocycles. The Kier molecular flexibility index (Phi) is 2.54. The molecule has 0 saturated carbocycles. The Balaban J connectivity index is 1.88. The lowest BCUT2D eigenvalue weighted by Crippen LogP contribution is -2.54. The van der Waals surface area contributed by atoms with Crippen molar-refractivity contribution in [1.29, 1.82) is 0 Å². The summed E-state index contributed by atoms with van der Waals surface area (Å²) in [6.07, 6.45) is 1.13. The molecule has 3 aliphatic heterocycles. The molecule has 0 unspecified atom stereocenters. The maximum absolute atomic E-state index is 10.9. The van der Waals surface area contributed by atoms with Crippen molar-refractivity contribution in [3.05, 3.63) is 12.7 Å². The molecule has 5 nitrogen and oxygen atoms in total. The summed E-state index contributed by atoms with van der Waals surface area (Å²) < 4.78 is 20.5. The average molecular weight is 200 g/mol. The van der Waals surface area contributed by atoms with Crippen LogP contribution in [0.15, 0.2) is 12.7 Å². The van der Waals surface area contributed by atoms with Crippen molar-refractivity contribution >= 4 is 5.97 Å². The fraction of sp³-hybridized carbons (Fsp3) is 0.667. The number of rotatable bonds is 3. The molecule has 0 atom stereocenters. The van der Waals surface area contributed by atoms with Crippen LogP contribution in [0.4, 0.5) is 0 Å². The van der Waals surface area contributed by atoms with E-state index in [1.54, 1.807) is 0 Å². The Morgan fingerprint density at radius 2 is 2.00 bits per heavy atom. The van der Waals surface area contributed by atoms with Gasteiger partial charge in [-0.1, -0.05) is 6.58 Å². The van der Waals surface area contributed by atoms with Crippen molar-refractivity contribution in [2.75, 3.05) is 26.4 Å². The molecule has 78 valence electrons. The SMILES string of the molecule is C=CC(=O)OCC12COC(OC1)OC2. The van der Waals surface area contributed by atoms with Gasteiger partial charge in [-0.3, -0.25) is 0 Å². The highest BCUT2D eigenvalue weighted by Crippen LogP contribution is 2.31. The third kappa shape index (κ3) is 1.79. The van der Waals surface area contributed by atoms with E-state index in [9.17, 15) is 4.79 Å². The van der Waals surface area contributed by atoms with Crippen molar-refractivity contribution in [3.63, 3.8) is 0 Å². The number of ether oxygens (including phenoxy) is 4. The van der Waals surface area contributed by atoms with Crippen LogP contribution in [0.5, 0.6) is 0 Å². The van der Waals surface area contributed by atoms with Crippen LogP contribution in [-0.2, 0) is 23.7 Å². The molecule has 0 spiro atoms. The van der Waals surface area contributed by atoms with Gasteiger partial charge in [0.15, 0.2) is 0 Å². The number of fused-ring (bicyclic) bond motifs is 3. The molecule has 0 radical (unpaired) electrons. The van der Waals surface area contributed by atoms with E-state index < -0.39 is 12.4 Å². The lowest BCUT2D eigenvalue weighted by atomic mass is 9.91. The number of carbonyl (C=O) groups excluding carboxylic acids is 1. The molecule has 0 aromatic carbocycles. The standard InChI is InChI=1S/C9H12O5/c1-2-7(10)11-3-9-4-12-8(13-5-9)14-6-9/h2,8H,1,3-6H2. The van der Waals surface area contributed by atoms with Crippen LogP contribution in [0.25, 0.3) is 0 Å². The minimum absolute atomic E-state index is 0.241. The minimum Gasteiger partial charge on any atom is -0.462 e. The summed E-state index contributed by atoms with van der Waals surface area (Å²) in [5.74, 6) is -0.438. The third-order valence-corrected chi connectivity index (χ3v) is 2.26. The Hall–Kier alpha value is -0.910. The average Bonchev–Trinajstić information content (AvgIpc) is 2.28. The maximum atomic E-state index is 10.9. The summed E-state index contributed by atoms with van der Waals surface area (Å²) in [7, 11) is 0. The van der Waals surface area contributed by atoms with Crippen molar-refractivity contribution in [3.8, 4) is 0 Å². The second-order valence-corrected chi connectivity index (χ2v) is 3.53. The van der Waals surface area contributed by atoms with Crippen molar-refractivity contribution < 1.29 is 23.7 Å². The zero-order chi connectivity index (χ0) is 10.0. The number of esters is 1. The minimum atomic E-state index is -0.535. The molecule has 2 bridgehead atoms. The number of hydrogen-bond acceptors (Lipinski definition) is 5. The molecular weight excluding hydrogens is 188 g/mol. The fourth-order valence-electron chi connectivity index (χ4n) is 1.41. The predicted molar refractivity (Wildman–Crippen MR) is 45.2 cm³/mol. The first kappa shape index (κ1) is 9.64. The first-order valence-electron chi connectivity index (χ1n) is 4.38. The van der Waals surface area contributed by atoms with Crippen LogP contribution in [0, 0.1) is 5.41 Å². The van der Waals surface area contributed by atoms with E-state index in [1.807, 2.05) is 0 Å². The summed E-state index contributed by atoms with van der Waals surface area (Å²) in [4.78, 5) is 10.9. The van der Waals surface area contributed by atoms with Gasteiger partial charge in [0.05, 0.1) is 25.2 Å². The molecule has 3 fully saturated rings. The molecule has 14 heavy (non-hydrogen) atoms. The zero-order valence-electron chi connectivity index (χ0n) is 7.73. The summed E-state index contributed by atoms with van der Waals surface area (Å²) in [6, 6.07) is 0. The lowest BCUT2D eigenvalue weighted by Gasteiger charge is -2.44. The van der Waals surface area contributed by atoms with Gasteiger partial charge in [-0.15, -0.1) is 0 Å². The molecule has 0 aromatic rings. The monoisotopic (exact) mass is 200 g/mol. The normalized spacial score (nSPS) is 35.3. The fourth-order valence-corrected chi connectivity index (χ4v) is 1.41. The molecule has 0 aliphatic carbocycles. The van der Waals surface area contributed by atoms with Crippen LogP contribution in [0.1, 0.15) is 0 Å². The third-order valence-electron chi connectivity index (χ3n) is 2.26. The molecule has 3 heterocycles. The van der Waals surface area contributed by atoms with Crippen LogP contribution in [0.3, 0.4) is 0 Å². The molecular formula is C9H12O5. The Morgan fingerprint density at radius 1 is 1.43 bits per heavy atom. The van der Waals surface area contributed by atoms with Crippen LogP contribution in [0.2, 0.25) is 0 Å². The van der Waals surface area contributed by atoms with E-state index in [4.69, 9.17) is 18.9 Å². The molecule has 3 saturated heterocycles. The van der Waals surface area contributed by atoms with E-state index in [1.165, 1.54) is 0 Å². The van der Waals surface area contributed by atoms with Crippen LogP contribution in [-0.4, -0.2) is 38.9 Å². The van der Waals surface area contributed by atoms with Gasteiger partial charge in [0, 0.05) is 6.08 Å². The maximum Gasteiger partial charge on any atom is 0.330 e. The Labute approximate surface area is 81.6 Å². The van der Waals surface area contributed by atoms with Crippen LogP contribution >= 0.6 is 0 Å². The van der Waals surface area contributed by atoms with Crippen LogP contribution < -0.4 is 0 Å². The Morgan fingerprint density at radius 3 is 2.50 bits per heavy atom. The highest BCUT2D eigenvalue weighted by molar-refractivity contribution is 5.81. The van der Waals surface area contributed by atoms with E-state index in [0.29, 0.717) is 19.8 Å². The van der Waals surface area contributed by atoms with Gasteiger partial charge in [0.2, 0.25) is 0 Å². The van der Waals surface area contributed by atoms with E-state index in [0.717, 1.165) is 6.08 Å². The van der Waals surface area contributed by atoms with Gasteiger partial charge < -0.3 is 18.9 Å². The summed E-state index contributed by atoms with van der Waals surface area (Å²) in [5, 5.41) is 0. The highest BCUT2D eigenvalue weighted by Gasteiger charge is 2.44. The smallest absolute Gasteiger partial charge is 0.330 e. The molecule has 3 aliphatic rings. The zero-order valence-corrected chi connectivity index (χ0v) is 7.73. The van der Waals surface area contributed by atoms with Crippen molar-refractivity contribution in [2.45, 2.75) is 6.48 Å². The van der Waals surface area contributed by atoms with Gasteiger partial charge in [0.1, 0.15) is 6.61 Å². The summed E-state index contributed by atoms with van der Waals surface area (Å²) in [6.45, 7) is 4.53. The van der Waals surface area contributed by atoms with Gasteiger partial charge in [0.25, 0.3) is 6.48 Å².